The van der Waals surface area contributed by atoms with E-state index in [4.69, 9.17) is 9.47 Å². The molecule has 5 rings (SSSR count). The minimum atomic E-state index is -4.36. The van der Waals surface area contributed by atoms with Gasteiger partial charge in [0.05, 0.1) is 50.6 Å². The molecule has 0 unspecified atom stereocenters. The summed E-state index contributed by atoms with van der Waals surface area (Å²) in [5, 5.41) is 0. The summed E-state index contributed by atoms with van der Waals surface area (Å²) in [6.45, 7) is 4.03. The Hall–Kier alpha value is -2.62. The third-order valence-corrected chi connectivity index (χ3v) is 6.37. The molecule has 0 saturated carbocycles. The fourth-order valence-corrected chi connectivity index (χ4v) is 4.70. The van der Waals surface area contributed by atoms with Crippen LogP contribution in [-0.4, -0.2) is 52.0 Å². The number of halogens is 3. The van der Waals surface area contributed by atoms with Crippen molar-refractivity contribution in [3.8, 4) is 0 Å². The lowest BCUT2D eigenvalue weighted by atomic mass is 10.1. The average Bonchev–Trinajstić information content (AvgIpc) is 3.02. The Morgan fingerprint density at radius 1 is 1.00 bits per heavy atom. The fraction of sp³-hybridized carbons (Fsp3) is 0.435. The van der Waals surface area contributed by atoms with Gasteiger partial charge in [0, 0.05) is 11.3 Å². The number of hydrogen-bond donors (Lipinski definition) is 1. The van der Waals surface area contributed by atoms with Crippen LogP contribution in [0.4, 0.5) is 24.5 Å². The highest BCUT2D eigenvalue weighted by Crippen LogP contribution is 2.44. The van der Waals surface area contributed by atoms with Crippen molar-refractivity contribution in [1.82, 2.24) is 0 Å². The van der Waals surface area contributed by atoms with Gasteiger partial charge in [-0.05, 0) is 30.7 Å². The molecular formula is C23H25F3N3O3+. The third kappa shape index (κ3) is 3.64. The number of quaternary nitrogens is 1. The molecule has 1 spiro atoms. The molecule has 3 aliphatic heterocycles. The van der Waals surface area contributed by atoms with Gasteiger partial charge in [-0.15, -0.1) is 0 Å². The zero-order valence-electron chi connectivity index (χ0n) is 17.5. The maximum Gasteiger partial charge on any atom is 0.416 e. The Balaban J connectivity index is 1.28. The van der Waals surface area contributed by atoms with E-state index in [-0.39, 0.29) is 5.91 Å². The quantitative estimate of drug-likeness (QED) is 0.781. The molecule has 0 atom stereocenters. The summed E-state index contributed by atoms with van der Waals surface area (Å²) in [6.07, 6.45) is -3.61. The number of para-hydroxylation sites is 1. The Morgan fingerprint density at radius 2 is 1.72 bits per heavy atom. The van der Waals surface area contributed by atoms with E-state index in [1.807, 2.05) is 29.2 Å². The van der Waals surface area contributed by atoms with E-state index in [0.29, 0.717) is 51.7 Å². The number of alkyl halides is 3. The van der Waals surface area contributed by atoms with Crippen LogP contribution >= 0.6 is 0 Å². The molecule has 2 saturated heterocycles. The number of rotatable bonds is 3. The second-order valence-corrected chi connectivity index (χ2v) is 8.36. The van der Waals surface area contributed by atoms with Gasteiger partial charge in [-0.25, -0.2) is 0 Å². The highest BCUT2D eigenvalue weighted by atomic mass is 19.4. The number of nitrogens with zero attached hydrogens (tertiary/aromatic N) is 2. The minimum Gasteiger partial charge on any atom is -0.360 e. The number of carbonyl (C=O) groups is 1. The first kappa shape index (κ1) is 21.2. The number of nitrogens with one attached hydrogen (secondary N) is 1. The van der Waals surface area contributed by atoms with Gasteiger partial charge in [0.15, 0.2) is 6.67 Å². The molecule has 0 radical (unpaired) electrons. The van der Waals surface area contributed by atoms with E-state index in [1.54, 1.807) is 11.0 Å². The number of amides is 1. The number of carbonyl (C=O) groups excluding carboxylic acids is 1. The molecule has 0 bridgehead atoms. The summed E-state index contributed by atoms with van der Waals surface area (Å²) in [5.74, 6) is -1.56. The Labute approximate surface area is 184 Å². The second kappa shape index (κ2) is 8.06. The summed E-state index contributed by atoms with van der Waals surface area (Å²) in [7, 11) is 0. The molecule has 1 N–H and O–H groups in total. The van der Waals surface area contributed by atoms with Gasteiger partial charge in [-0.3, -0.25) is 9.69 Å². The van der Waals surface area contributed by atoms with Crippen LogP contribution in [0.3, 0.4) is 0 Å². The zero-order valence-corrected chi connectivity index (χ0v) is 17.5. The average molecular weight is 448 g/mol. The van der Waals surface area contributed by atoms with Crippen LogP contribution in [0.25, 0.3) is 0 Å². The minimum absolute atomic E-state index is 0.203. The summed E-state index contributed by atoms with van der Waals surface area (Å²) in [4.78, 5) is 18.3. The molecule has 170 valence electrons. The van der Waals surface area contributed by atoms with Crippen molar-refractivity contribution in [1.29, 1.82) is 0 Å². The lowest BCUT2D eigenvalue weighted by Gasteiger charge is -2.36. The van der Waals surface area contributed by atoms with E-state index in [2.05, 4.69) is 0 Å². The van der Waals surface area contributed by atoms with E-state index in [1.165, 1.54) is 17.0 Å². The number of hydrogen-bond acceptors (Lipinski definition) is 4. The van der Waals surface area contributed by atoms with Gasteiger partial charge < -0.3 is 19.3 Å². The van der Waals surface area contributed by atoms with Crippen LogP contribution in [0.1, 0.15) is 17.5 Å². The van der Waals surface area contributed by atoms with Crippen molar-refractivity contribution >= 4 is 17.3 Å². The molecule has 6 nitrogen and oxygen atoms in total. The summed E-state index contributed by atoms with van der Waals surface area (Å²) in [6, 6.07) is 13.0. The highest BCUT2D eigenvalue weighted by molar-refractivity contribution is 6.05. The summed E-state index contributed by atoms with van der Waals surface area (Å²) >= 11 is 0. The first-order chi connectivity index (χ1) is 15.4. The lowest BCUT2D eigenvalue weighted by molar-refractivity contribution is -0.899. The molecule has 32 heavy (non-hydrogen) atoms. The van der Waals surface area contributed by atoms with Crippen molar-refractivity contribution in [2.75, 3.05) is 55.9 Å². The van der Waals surface area contributed by atoms with E-state index >= 15 is 0 Å². The topological polar surface area (TPSA) is 46.5 Å². The molecule has 3 aliphatic rings. The summed E-state index contributed by atoms with van der Waals surface area (Å²) < 4.78 is 50.9. The highest BCUT2D eigenvalue weighted by Gasteiger charge is 2.55. The summed E-state index contributed by atoms with van der Waals surface area (Å²) in [5.41, 5.74) is 1.48. The molecular weight excluding hydrogens is 423 g/mol. The van der Waals surface area contributed by atoms with E-state index in [0.717, 1.165) is 23.7 Å². The van der Waals surface area contributed by atoms with Crippen molar-refractivity contribution in [2.24, 2.45) is 0 Å². The van der Waals surface area contributed by atoms with Crippen molar-refractivity contribution < 1.29 is 32.3 Å². The first-order valence-corrected chi connectivity index (χ1v) is 10.8. The third-order valence-electron chi connectivity index (χ3n) is 6.37. The fourth-order valence-electron chi connectivity index (χ4n) is 4.70. The van der Waals surface area contributed by atoms with E-state index < -0.39 is 17.5 Å². The molecule has 1 amide bonds. The maximum absolute atomic E-state index is 13.4. The molecule has 2 aromatic rings. The molecule has 9 heteroatoms. The van der Waals surface area contributed by atoms with Crippen LogP contribution in [0.5, 0.6) is 0 Å². The maximum atomic E-state index is 13.4. The predicted octanol–water partition coefficient (Wildman–Crippen LogP) is 2.00. The number of fused-ring (bicyclic) bond motifs is 2. The van der Waals surface area contributed by atoms with Gasteiger partial charge in [-0.2, -0.15) is 13.2 Å². The van der Waals surface area contributed by atoms with Gasteiger partial charge in [0.25, 0.3) is 11.7 Å². The molecule has 3 heterocycles. The number of anilines is 2. The standard InChI is InChI=1S/C23H24F3N3O3/c24-23(25,26)17-5-3-6-18(15-17)28-11-9-27(10-12-28)16-29-20-8-2-1-7-19(20)22(21(29)30)31-13-4-14-32-22/h1-3,5-8,15H,4,9-14,16H2/p+1. The van der Waals surface area contributed by atoms with Gasteiger partial charge in [-0.1, -0.05) is 24.3 Å². The van der Waals surface area contributed by atoms with Crippen LogP contribution in [0.2, 0.25) is 0 Å². The molecule has 0 aromatic heterocycles. The monoisotopic (exact) mass is 448 g/mol. The second-order valence-electron chi connectivity index (χ2n) is 8.36. The normalized spacial score (nSPS) is 21.3. The molecule has 2 fully saturated rings. The SMILES string of the molecule is O=C1N(C[NH+]2CCN(c3cccc(C(F)(F)F)c3)CC2)c2ccccc2C12OCCCO2. The zero-order chi connectivity index (χ0) is 22.3. The number of ether oxygens (including phenoxy) is 2. The van der Waals surface area contributed by atoms with E-state index in [9.17, 15) is 18.0 Å². The largest absolute Gasteiger partial charge is 0.416 e. The van der Waals surface area contributed by atoms with Crippen molar-refractivity contribution in [2.45, 2.75) is 18.4 Å². The molecule has 0 aliphatic carbocycles. The first-order valence-electron chi connectivity index (χ1n) is 10.8. The van der Waals surface area contributed by atoms with Crippen molar-refractivity contribution in [3.05, 3.63) is 59.7 Å². The Kier molecular flexibility index (Phi) is 5.35. The Morgan fingerprint density at radius 3 is 2.44 bits per heavy atom. The number of piperazine rings is 1. The number of benzene rings is 2. The van der Waals surface area contributed by atoms with Crippen molar-refractivity contribution in [3.63, 3.8) is 0 Å². The smallest absolute Gasteiger partial charge is 0.360 e. The van der Waals surface area contributed by atoms with Gasteiger partial charge >= 0.3 is 6.18 Å². The predicted molar refractivity (Wildman–Crippen MR) is 111 cm³/mol. The van der Waals surface area contributed by atoms with Crippen LogP contribution in [0, 0.1) is 0 Å². The Bertz CT molecular complexity index is 999. The van der Waals surface area contributed by atoms with Gasteiger partial charge in [0.2, 0.25) is 0 Å². The van der Waals surface area contributed by atoms with Crippen LogP contribution in [0.15, 0.2) is 48.5 Å². The van der Waals surface area contributed by atoms with Crippen LogP contribution in [-0.2, 0) is 26.2 Å². The van der Waals surface area contributed by atoms with Crippen LogP contribution < -0.4 is 14.7 Å². The van der Waals surface area contributed by atoms with Gasteiger partial charge in [0.1, 0.15) is 0 Å². The lowest BCUT2D eigenvalue weighted by Crippen LogP contribution is -3.16. The molecule has 2 aromatic carbocycles.